The van der Waals surface area contributed by atoms with Crippen molar-refractivity contribution < 1.29 is 10.2 Å². The molecule has 0 bridgehead atoms. The van der Waals surface area contributed by atoms with Gasteiger partial charge < -0.3 is 10.2 Å². The highest BCUT2D eigenvalue weighted by molar-refractivity contribution is 4.75. The summed E-state index contributed by atoms with van der Waals surface area (Å²) < 4.78 is 0. The Labute approximate surface area is 50.7 Å². The van der Waals surface area contributed by atoms with Gasteiger partial charge in [-0.15, -0.1) is 0 Å². The van der Waals surface area contributed by atoms with E-state index in [2.05, 4.69) is 15.4 Å². The minimum atomic E-state index is -0.372. The Kier molecular flexibility index (Phi) is 1.59. The van der Waals surface area contributed by atoms with Gasteiger partial charge in [0.05, 0.1) is 13.2 Å². The quantitative estimate of drug-likeness (QED) is 0.502. The SMILES string of the molecule is OCCn1nnc(O)n1. The van der Waals surface area contributed by atoms with Crippen molar-refractivity contribution in [3.63, 3.8) is 0 Å². The van der Waals surface area contributed by atoms with E-state index in [1.54, 1.807) is 0 Å². The summed E-state index contributed by atoms with van der Waals surface area (Å²) in [5.74, 6) is 0. The van der Waals surface area contributed by atoms with Crippen LogP contribution in [0, 0.1) is 0 Å². The average Bonchev–Trinajstić information content (AvgIpc) is 2.17. The molecular formula is C3H6N4O2. The standard InChI is InChI=1S/C3H6N4O2/c8-2-1-7-5-3(9)4-6-7/h8H,1-2H2,(H,5,9). The lowest BCUT2D eigenvalue weighted by Crippen LogP contribution is -2.05. The van der Waals surface area contributed by atoms with Crippen LogP contribution < -0.4 is 0 Å². The number of aromatic hydroxyl groups is 1. The molecule has 0 aromatic carbocycles. The summed E-state index contributed by atoms with van der Waals surface area (Å²) in [4.78, 5) is 1.11. The van der Waals surface area contributed by atoms with Crippen LogP contribution >= 0.6 is 0 Å². The van der Waals surface area contributed by atoms with E-state index in [1.165, 1.54) is 0 Å². The van der Waals surface area contributed by atoms with Crippen LogP contribution in [0.4, 0.5) is 0 Å². The van der Waals surface area contributed by atoms with Gasteiger partial charge in [-0.3, -0.25) is 0 Å². The maximum absolute atomic E-state index is 8.49. The molecule has 6 nitrogen and oxygen atoms in total. The Morgan fingerprint density at radius 1 is 1.56 bits per heavy atom. The molecule has 0 fully saturated rings. The van der Waals surface area contributed by atoms with Gasteiger partial charge in [0.15, 0.2) is 0 Å². The summed E-state index contributed by atoms with van der Waals surface area (Å²) in [6.07, 6.45) is 0. The van der Waals surface area contributed by atoms with Crippen molar-refractivity contribution in [1.29, 1.82) is 0 Å². The Balaban J connectivity index is 2.61. The molecule has 0 aliphatic carbocycles. The van der Waals surface area contributed by atoms with Crippen molar-refractivity contribution >= 4 is 0 Å². The fourth-order valence-corrected chi connectivity index (χ4v) is 0.419. The van der Waals surface area contributed by atoms with Crippen LogP contribution in [0.2, 0.25) is 0 Å². The molecular weight excluding hydrogens is 124 g/mol. The highest BCUT2D eigenvalue weighted by Crippen LogP contribution is 1.89. The smallest absolute Gasteiger partial charge is 0.353 e. The molecule has 0 unspecified atom stereocenters. The molecule has 0 radical (unpaired) electrons. The summed E-state index contributed by atoms with van der Waals surface area (Å²) in [6.45, 7) is 0.198. The second-order valence-electron chi connectivity index (χ2n) is 1.41. The number of rotatable bonds is 2. The zero-order valence-corrected chi connectivity index (χ0v) is 4.60. The molecule has 0 spiro atoms. The topological polar surface area (TPSA) is 84.1 Å². The first-order valence-electron chi connectivity index (χ1n) is 2.40. The largest absolute Gasteiger partial charge is 0.477 e. The summed E-state index contributed by atoms with van der Waals surface area (Å²) in [6, 6.07) is -0.372. The zero-order valence-electron chi connectivity index (χ0n) is 4.60. The summed E-state index contributed by atoms with van der Waals surface area (Å²) in [7, 11) is 0. The van der Waals surface area contributed by atoms with Gasteiger partial charge >= 0.3 is 6.01 Å². The van der Waals surface area contributed by atoms with E-state index in [9.17, 15) is 0 Å². The van der Waals surface area contributed by atoms with Gasteiger partial charge in [-0.2, -0.15) is 4.80 Å². The van der Waals surface area contributed by atoms with Gasteiger partial charge in [-0.1, -0.05) is 10.2 Å². The molecule has 0 aliphatic heterocycles. The lowest BCUT2D eigenvalue weighted by molar-refractivity contribution is 0.258. The molecule has 0 amide bonds. The Hall–Kier alpha value is -1.17. The van der Waals surface area contributed by atoms with Crippen molar-refractivity contribution in [3.05, 3.63) is 0 Å². The summed E-state index contributed by atoms with van der Waals surface area (Å²) in [5, 5.41) is 26.7. The van der Waals surface area contributed by atoms with Gasteiger partial charge in [0.2, 0.25) is 0 Å². The molecule has 9 heavy (non-hydrogen) atoms. The first-order chi connectivity index (χ1) is 4.33. The van der Waals surface area contributed by atoms with E-state index < -0.39 is 0 Å². The summed E-state index contributed by atoms with van der Waals surface area (Å²) >= 11 is 0. The van der Waals surface area contributed by atoms with Crippen molar-refractivity contribution in [2.24, 2.45) is 0 Å². The van der Waals surface area contributed by atoms with Crippen LogP contribution in [0.15, 0.2) is 0 Å². The third-order valence-corrected chi connectivity index (χ3v) is 0.742. The molecule has 1 heterocycles. The highest BCUT2D eigenvalue weighted by atomic mass is 16.3. The maximum Gasteiger partial charge on any atom is 0.353 e. The molecule has 0 aliphatic rings. The van der Waals surface area contributed by atoms with Crippen LogP contribution in [0.25, 0.3) is 0 Å². The fourth-order valence-electron chi connectivity index (χ4n) is 0.419. The first kappa shape index (κ1) is 5.96. The van der Waals surface area contributed by atoms with Gasteiger partial charge in [0.25, 0.3) is 0 Å². The maximum atomic E-state index is 8.49. The van der Waals surface area contributed by atoms with Crippen molar-refractivity contribution in [2.45, 2.75) is 6.54 Å². The lowest BCUT2D eigenvalue weighted by atomic mass is 10.7. The van der Waals surface area contributed by atoms with E-state index in [0.29, 0.717) is 0 Å². The number of hydrogen-bond donors (Lipinski definition) is 2. The van der Waals surface area contributed by atoms with Crippen molar-refractivity contribution in [3.8, 4) is 6.01 Å². The summed E-state index contributed by atoms with van der Waals surface area (Å²) in [5.41, 5.74) is 0. The van der Waals surface area contributed by atoms with E-state index in [4.69, 9.17) is 10.2 Å². The molecule has 50 valence electrons. The number of aliphatic hydroxyl groups is 1. The normalized spacial score (nSPS) is 9.89. The zero-order chi connectivity index (χ0) is 6.69. The van der Waals surface area contributed by atoms with E-state index in [0.717, 1.165) is 4.80 Å². The van der Waals surface area contributed by atoms with Gasteiger partial charge in [0.1, 0.15) is 0 Å². The monoisotopic (exact) mass is 130 g/mol. The molecule has 1 aromatic rings. The van der Waals surface area contributed by atoms with Crippen LogP contribution in [0.3, 0.4) is 0 Å². The van der Waals surface area contributed by atoms with E-state index >= 15 is 0 Å². The first-order valence-corrected chi connectivity index (χ1v) is 2.40. The predicted molar refractivity (Wildman–Crippen MR) is 26.6 cm³/mol. The minimum Gasteiger partial charge on any atom is -0.477 e. The molecule has 1 aromatic heterocycles. The Morgan fingerprint density at radius 2 is 2.33 bits per heavy atom. The number of aliphatic hydroxyl groups excluding tert-OH is 1. The van der Waals surface area contributed by atoms with Crippen molar-refractivity contribution in [2.75, 3.05) is 6.61 Å². The lowest BCUT2D eigenvalue weighted by Gasteiger charge is -1.88. The Morgan fingerprint density at radius 3 is 2.78 bits per heavy atom. The van der Waals surface area contributed by atoms with Crippen LogP contribution in [0.5, 0.6) is 6.01 Å². The fraction of sp³-hybridized carbons (Fsp3) is 0.667. The average molecular weight is 130 g/mol. The minimum absolute atomic E-state index is 0.0597. The van der Waals surface area contributed by atoms with Gasteiger partial charge in [-0.25, -0.2) is 0 Å². The molecule has 2 N–H and O–H groups in total. The van der Waals surface area contributed by atoms with Crippen LogP contribution in [0.1, 0.15) is 0 Å². The Bertz CT molecular complexity index is 186. The van der Waals surface area contributed by atoms with Crippen molar-refractivity contribution in [1.82, 2.24) is 20.2 Å². The van der Waals surface area contributed by atoms with E-state index in [-0.39, 0.29) is 19.2 Å². The number of aromatic nitrogens is 4. The van der Waals surface area contributed by atoms with Crippen LogP contribution in [-0.2, 0) is 6.54 Å². The van der Waals surface area contributed by atoms with Gasteiger partial charge in [-0.05, 0) is 5.21 Å². The second kappa shape index (κ2) is 2.40. The number of hydrogen-bond acceptors (Lipinski definition) is 5. The van der Waals surface area contributed by atoms with Crippen LogP contribution in [-0.4, -0.2) is 37.0 Å². The van der Waals surface area contributed by atoms with E-state index in [1.807, 2.05) is 0 Å². The number of tetrazole rings is 1. The third-order valence-electron chi connectivity index (χ3n) is 0.742. The molecule has 6 heteroatoms. The number of nitrogens with zero attached hydrogens (tertiary/aromatic N) is 4. The van der Waals surface area contributed by atoms with Gasteiger partial charge in [0, 0.05) is 0 Å². The molecule has 0 saturated carbocycles. The predicted octanol–water partition coefficient (Wildman–Crippen LogP) is -1.63. The highest BCUT2D eigenvalue weighted by Gasteiger charge is 1.95. The molecule has 0 saturated heterocycles. The molecule has 0 atom stereocenters. The molecule has 1 rings (SSSR count). The second-order valence-corrected chi connectivity index (χ2v) is 1.41. The third kappa shape index (κ3) is 1.36.